The molecule has 0 aliphatic heterocycles. The number of nitrogens with one attached hydrogen (secondary N) is 1. The quantitative estimate of drug-likeness (QED) is 0.321. The van der Waals surface area contributed by atoms with Gasteiger partial charge in [0.05, 0.1) is 28.2 Å². The van der Waals surface area contributed by atoms with Gasteiger partial charge >= 0.3 is 0 Å². The third-order valence-electron chi connectivity index (χ3n) is 6.53. The molecule has 0 spiro atoms. The number of hydrogen-bond donors (Lipinski definition) is 2. The molecule has 3 N–H and O–H groups in total. The number of carbonyl (C=O) groups is 1. The van der Waals surface area contributed by atoms with Gasteiger partial charge in [0.25, 0.3) is 17.0 Å². The second-order valence-corrected chi connectivity index (χ2v) is 9.28. The van der Waals surface area contributed by atoms with Gasteiger partial charge in [-0.3, -0.25) is 19.1 Å². The normalized spacial score (nSPS) is 11.8. The molecule has 41 heavy (non-hydrogen) atoms. The highest BCUT2D eigenvalue weighted by molar-refractivity contribution is 6.04. The van der Waals surface area contributed by atoms with Crippen LogP contribution in [0.15, 0.2) is 89.0 Å². The Kier molecular flexibility index (Phi) is 6.16. The Morgan fingerprint density at radius 2 is 1.83 bits per heavy atom. The molecule has 4 aromatic heterocycles. The van der Waals surface area contributed by atoms with Crippen molar-refractivity contribution in [2.45, 2.75) is 13.1 Å². The van der Waals surface area contributed by atoms with Crippen LogP contribution in [0.4, 0.5) is 5.82 Å². The van der Waals surface area contributed by atoms with Crippen LogP contribution in [0.1, 0.15) is 34.6 Å². The zero-order chi connectivity index (χ0) is 28.7. The van der Waals surface area contributed by atoms with E-state index in [-0.39, 0.29) is 27.8 Å². The second kappa shape index (κ2) is 9.97. The summed E-state index contributed by atoms with van der Waals surface area (Å²) in [4.78, 5) is 45.8. The molecule has 4 heterocycles. The molecule has 0 aliphatic rings. The van der Waals surface area contributed by atoms with Gasteiger partial charge in [-0.2, -0.15) is 5.10 Å². The number of aromatic nitrogens is 7. The lowest BCUT2D eigenvalue weighted by Gasteiger charge is -2.23. The molecule has 0 radical (unpaired) electrons. The van der Waals surface area contributed by atoms with Crippen molar-refractivity contribution >= 4 is 28.1 Å². The minimum absolute atomic E-state index is 0.0171. The van der Waals surface area contributed by atoms with Crippen molar-refractivity contribution in [1.29, 1.82) is 0 Å². The van der Waals surface area contributed by atoms with Gasteiger partial charge in [-0.05, 0) is 37.3 Å². The highest BCUT2D eigenvalue weighted by Crippen LogP contribution is 2.18. The van der Waals surface area contributed by atoms with Crippen molar-refractivity contribution in [3.8, 4) is 17.5 Å². The van der Waals surface area contributed by atoms with Crippen molar-refractivity contribution in [2.24, 2.45) is 7.05 Å². The van der Waals surface area contributed by atoms with Gasteiger partial charge in [0.15, 0.2) is 11.5 Å². The molecule has 202 valence electrons. The van der Waals surface area contributed by atoms with E-state index in [1.165, 1.54) is 20.1 Å². The van der Waals surface area contributed by atoms with E-state index in [4.69, 9.17) is 5.73 Å². The van der Waals surface area contributed by atoms with E-state index in [0.29, 0.717) is 16.8 Å². The number of hydrogen-bond acceptors (Lipinski definition) is 7. The highest BCUT2D eigenvalue weighted by Gasteiger charge is 2.25. The highest BCUT2D eigenvalue weighted by atomic mass is 16.2. The third kappa shape index (κ3) is 4.41. The van der Waals surface area contributed by atoms with Crippen LogP contribution in [0.5, 0.6) is 0 Å². The van der Waals surface area contributed by atoms with Crippen molar-refractivity contribution in [3.63, 3.8) is 0 Å². The number of benzene rings is 2. The first kappa shape index (κ1) is 25.3. The maximum atomic E-state index is 14.1. The van der Waals surface area contributed by atoms with Gasteiger partial charge in [-0.25, -0.2) is 18.9 Å². The summed E-state index contributed by atoms with van der Waals surface area (Å²) in [6.45, 7) is 1.60. The first-order chi connectivity index (χ1) is 19.8. The van der Waals surface area contributed by atoms with E-state index >= 15 is 0 Å². The van der Waals surface area contributed by atoms with Crippen LogP contribution in [0.2, 0.25) is 0 Å². The zero-order valence-corrected chi connectivity index (χ0v) is 22.0. The summed E-state index contributed by atoms with van der Waals surface area (Å²) in [5.74, 6) is 5.41. The summed E-state index contributed by atoms with van der Waals surface area (Å²) in [7, 11) is 1.78. The minimum Gasteiger partial charge on any atom is -0.381 e. The Morgan fingerprint density at radius 3 is 2.59 bits per heavy atom. The van der Waals surface area contributed by atoms with Crippen molar-refractivity contribution in [1.82, 2.24) is 39.1 Å². The molecule has 1 amide bonds. The monoisotopic (exact) mass is 545 g/mol. The van der Waals surface area contributed by atoms with E-state index in [1.807, 2.05) is 0 Å². The number of aryl methyl sites for hydroxylation is 1. The van der Waals surface area contributed by atoms with Crippen LogP contribution in [-0.4, -0.2) is 39.6 Å². The van der Waals surface area contributed by atoms with E-state index in [1.54, 1.807) is 91.8 Å². The molecule has 12 heteroatoms. The molecule has 2 aromatic carbocycles. The lowest BCUT2D eigenvalue weighted by Crippen LogP contribution is -2.45. The van der Waals surface area contributed by atoms with Crippen LogP contribution in [0.25, 0.3) is 22.1 Å². The van der Waals surface area contributed by atoms with Crippen molar-refractivity contribution < 1.29 is 4.79 Å². The number of nitrogen functional groups attached to an aromatic ring is 1. The summed E-state index contributed by atoms with van der Waals surface area (Å²) in [6.07, 6.45) is 5.53. The number of nitrogens with zero attached hydrogens (tertiary/aromatic N) is 7. The maximum Gasteiger partial charge on any atom is 0.279 e. The Bertz CT molecular complexity index is 2140. The van der Waals surface area contributed by atoms with Crippen LogP contribution < -0.4 is 22.2 Å². The fourth-order valence-corrected chi connectivity index (χ4v) is 4.71. The molecule has 1 unspecified atom stereocenters. The lowest BCUT2D eigenvalue weighted by atomic mass is 10.1. The summed E-state index contributed by atoms with van der Waals surface area (Å²) in [5.41, 5.74) is 6.89. The molecule has 0 aliphatic carbocycles. The molecular weight excluding hydrogens is 522 g/mol. The Balaban J connectivity index is 1.52. The number of para-hydroxylation sites is 1. The fraction of sp³-hybridized carbons (Fsp3) is 0.103. The molecule has 12 nitrogen and oxygen atoms in total. The van der Waals surface area contributed by atoms with Gasteiger partial charge < -0.3 is 11.1 Å². The SMILES string of the molecule is CC(NC(=O)c1c(N)nn2cccnc12)n1c(=O)c2cccc(C#Cc3cnn(C)c3)c2c(=O)n1-c1ccccc1. The predicted octanol–water partition coefficient (Wildman–Crippen LogP) is 1.86. The maximum absolute atomic E-state index is 14.1. The molecule has 0 saturated carbocycles. The third-order valence-corrected chi connectivity index (χ3v) is 6.53. The van der Waals surface area contributed by atoms with Crippen molar-refractivity contribution in [3.05, 3.63) is 117 Å². The minimum atomic E-state index is -0.976. The number of anilines is 1. The summed E-state index contributed by atoms with van der Waals surface area (Å²) in [5, 5.41) is 11.4. The van der Waals surface area contributed by atoms with Crippen LogP contribution >= 0.6 is 0 Å². The average molecular weight is 546 g/mol. The molecule has 0 fully saturated rings. The zero-order valence-electron chi connectivity index (χ0n) is 22.0. The van der Waals surface area contributed by atoms with Gasteiger partial charge in [-0.1, -0.05) is 36.1 Å². The molecule has 6 aromatic rings. The molecule has 6 rings (SSSR count). The van der Waals surface area contributed by atoms with E-state index in [0.717, 1.165) is 0 Å². The van der Waals surface area contributed by atoms with Crippen LogP contribution in [0, 0.1) is 11.8 Å². The number of nitrogens with two attached hydrogens (primary N) is 1. The molecular formula is C29H23N9O3. The van der Waals surface area contributed by atoms with Gasteiger partial charge in [0.1, 0.15) is 11.7 Å². The van der Waals surface area contributed by atoms with Crippen LogP contribution in [-0.2, 0) is 7.05 Å². The first-order valence-corrected chi connectivity index (χ1v) is 12.6. The summed E-state index contributed by atoms with van der Waals surface area (Å²) in [6, 6.07) is 15.3. The average Bonchev–Trinajstić information content (AvgIpc) is 3.55. The lowest BCUT2D eigenvalue weighted by molar-refractivity contribution is 0.0919. The van der Waals surface area contributed by atoms with E-state index in [9.17, 15) is 14.4 Å². The Morgan fingerprint density at radius 1 is 1.02 bits per heavy atom. The first-order valence-electron chi connectivity index (χ1n) is 12.6. The van der Waals surface area contributed by atoms with Crippen molar-refractivity contribution in [2.75, 3.05) is 5.73 Å². The summed E-state index contributed by atoms with van der Waals surface area (Å²) >= 11 is 0. The Hall–Kier alpha value is -5.96. The van der Waals surface area contributed by atoms with Gasteiger partial charge in [0, 0.05) is 31.2 Å². The number of amides is 1. The van der Waals surface area contributed by atoms with Gasteiger partial charge in [0.2, 0.25) is 0 Å². The predicted molar refractivity (Wildman–Crippen MR) is 153 cm³/mol. The molecule has 0 saturated heterocycles. The van der Waals surface area contributed by atoms with E-state index < -0.39 is 23.2 Å². The van der Waals surface area contributed by atoms with Gasteiger partial charge in [-0.15, -0.1) is 5.10 Å². The molecule has 1 atom stereocenters. The second-order valence-electron chi connectivity index (χ2n) is 9.28. The van der Waals surface area contributed by atoms with E-state index in [2.05, 4.69) is 32.3 Å². The smallest absolute Gasteiger partial charge is 0.279 e. The number of rotatable bonds is 4. The van der Waals surface area contributed by atoms with Crippen LogP contribution in [0.3, 0.4) is 0 Å². The number of carbonyl (C=O) groups excluding carboxylic acids is 1. The Labute approximate surface area is 232 Å². The fourth-order valence-electron chi connectivity index (χ4n) is 4.71. The summed E-state index contributed by atoms with van der Waals surface area (Å²) < 4.78 is 5.49. The number of fused-ring (bicyclic) bond motifs is 2. The topological polar surface area (TPSA) is 147 Å². The molecule has 0 bridgehead atoms. The largest absolute Gasteiger partial charge is 0.381 e. The standard InChI is InChI=1S/C29H23N9O3/c1-18(33-27(39)24-25(30)34-36-15-7-14-31-26(24)36)37-28(40)22-11-6-8-20(13-12-19-16-32-35(2)17-19)23(22)29(41)38(37)21-9-4-3-5-10-21/h3-11,14-18H,1-2H3,(H2,30,34)(H,33,39).